The highest BCUT2D eigenvalue weighted by Gasteiger charge is 2.27. The molecule has 0 fully saturated rings. The average Bonchev–Trinajstić information content (AvgIpc) is 3.32. The van der Waals surface area contributed by atoms with Crippen molar-refractivity contribution in [2.75, 3.05) is 17.7 Å². The number of carbonyl (C=O) groups excluding carboxylic acids is 3. The van der Waals surface area contributed by atoms with E-state index in [-0.39, 0.29) is 21.3 Å². The average molecular weight is 469 g/mol. The van der Waals surface area contributed by atoms with E-state index in [4.69, 9.17) is 27.9 Å². The summed E-state index contributed by atoms with van der Waals surface area (Å²) in [5.41, 5.74) is 0.851. The Morgan fingerprint density at radius 2 is 1.83 bits per heavy atom. The number of halogens is 2. The highest BCUT2D eigenvalue weighted by molar-refractivity contribution is 7.19. The van der Waals surface area contributed by atoms with Crippen molar-refractivity contribution in [3.63, 3.8) is 0 Å². The third-order valence-corrected chi connectivity index (χ3v) is 6.53. The van der Waals surface area contributed by atoms with Crippen LogP contribution >= 0.6 is 45.9 Å². The lowest BCUT2D eigenvalue weighted by Gasteiger charge is -2.07. The Hall–Kier alpha value is -2.39. The lowest BCUT2D eigenvalue weighted by molar-refractivity contribution is 0.0601. The van der Waals surface area contributed by atoms with Crippen molar-refractivity contribution >= 4 is 74.3 Å². The molecule has 0 spiro atoms. The van der Waals surface area contributed by atoms with Crippen LogP contribution in [0.4, 0.5) is 10.7 Å². The van der Waals surface area contributed by atoms with E-state index >= 15 is 0 Å². The van der Waals surface area contributed by atoms with E-state index in [9.17, 15) is 14.4 Å². The molecule has 10 heteroatoms. The molecule has 0 aliphatic heterocycles. The summed E-state index contributed by atoms with van der Waals surface area (Å²) in [6, 6.07) is 8.09. The van der Waals surface area contributed by atoms with Crippen LogP contribution in [0.25, 0.3) is 0 Å². The first kappa shape index (κ1) is 21.3. The third kappa shape index (κ3) is 4.62. The SMILES string of the molecule is COC(=O)c1c(NC(=O)c2cccs2)sc(C(=O)Nc2cc(Cl)ccc2Cl)c1C. The molecule has 1 aromatic carbocycles. The second kappa shape index (κ2) is 8.96. The first-order valence-electron chi connectivity index (χ1n) is 8.14. The zero-order valence-electron chi connectivity index (χ0n) is 15.2. The number of nitrogens with one attached hydrogen (secondary N) is 2. The summed E-state index contributed by atoms with van der Waals surface area (Å²) >= 11 is 14.3. The van der Waals surface area contributed by atoms with Gasteiger partial charge in [0.15, 0.2) is 0 Å². The largest absolute Gasteiger partial charge is 0.465 e. The Kier molecular flexibility index (Phi) is 6.59. The van der Waals surface area contributed by atoms with Crippen LogP contribution < -0.4 is 10.6 Å². The molecule has 29 heavy (non-hydrogen) atoms. The molecule has 3 aromatic rings. The fourth-order valence-corrected chi connectivity index (χ4v) is 4.55. The molecule has 2 heterocycles. The van der Waals surface area contributed by atoms with Gasteiger partial charge in [0, 0.05) is 5.02 Å². The second-order valence-electron chi connectivity index (χ2n) is 5.76. The van der Waals surface area contributed by atoms with Gasteiger partial charge in [-0.15, -0.1) is 22.7 Å². The maximum Gasteiger partial charge on any atom is 0.341 e. The van der Waals surface area contributed by atoms with Crippen LogP contribution in [0.15, 0.2) is 35.7 Å². The Morgan fingerprint density at radius 3 is 2.48 bits per heavy atom. The Labute approximate surface area is 184 Å². The lowest BCUT2D eigenvalue weighted by atomic mass is 10.1. The van der Waals surface area contributed by atoms with Crippen molar-refractivity contribution in [2.45, 2.75) is 6.92 Å². The van der Waals surface area contributed by atoms with E-state index in [0.717, 1.165) is 11.3 Å². The van der Waals surface area contributed by atoms with E-state index in [1.165, 1.54) is 24.5 Å². The second-order valence-corrected chi connectivity index (χ2v) is 8.57. The normalized spacial score (nSPS) is 10.5. The standard InChI is InChI=1S/C19H14Cl2N2O4S2/c1-9-14(19(26)27-2)18(23-16(24)13-4-3-7-28-13)29-15(9)17(25)22-12-8-10(20)5-6-11(12)21/h3-8H,1-2H3,(H,22,25)(H,23,24). The molecular formula is C19H14Cl2N2O4S2. The molecule has 0 bridgehead atoms. The molecular weight excluding hydrogens is 455 g/mol. The monoisotopic (exact) mass is 468 g/mol. The number of methoxy groups -OCH3 is 1. The minimum absolute atomic E-state index is 0.129. The van der Waals surface area contributed by atoms with Crippen molar-refractivity contribution in [2.24, 2.45) is 0 Å². The quantitative estimate of drug-likeness (QED) is 0.469. The van der Waals surface area contributed by atoms with Crippen LogP contribution in [0.5, 0.6) is 0 Å². The minimum Gasteiger partial charge on any atom is -0.465 e. The van der Waals surface area contributed by atoms with Gasteiger partial charge in [0.1, 0.15) is 5.00 Å². The van der Waals surface area contributed by atoms with E-state index in [1.807, 2.05) is 0 Å². The van der Waals surface area contributed by atoms with Crippen molar-refractivity contribution in [1.82, 2.24) is 0 Å². The van der Waals surface area contributed by atoms with Crippen LogP contribution in [-0.2, 0) is 4.74 Å². The number of amides is 2. The van der Waals surface area contributed by atoms with Crippen LogP contribution in [0.1, 0.15) is 35.3 Å². The van der Waals surface area contributed by atoms with Gasteiger partial charge in [-0.1, -0.05) is 29.3 Å². The fraction of sp³-hybridized carbons (Fsp3) is 0.105. The predicted molar refractivity (Wildman–Crippen MR) is 117 cm³/mol. The number of hydrogen-bond acceptors (Lipinski definition) is 6. The molecule has 2 N–H and O–H groups in total. The first-order chi connectivity index (χ1) is 13.8. The summed E-state index contributed by atoms with van der Waals surface area (Å²) < 4.78 is 4.83. The molecule has 150 valence electrons. The highest BCUT2D eigenvalue weighted by Crippen LogP contribution is 2.35. The Morgan fingerprint density at radius 1 is 1.07 bits per heavy atom. The number of rotatable bonds is 5. The molecule has 0 aliphatic carbocycles. The molecule has 6 nitrogen and oxygen atoms in total. The van der Waals surface area contributed by atoms with Gasteiger partial charge in [0.2, 0.25) is 0 Å². The van der Waals surface area contributed by atoms with Crippen molar-refractivity contribution in [1.29, 1.82) is 0 Å². The molecule has 0 saturated heterocycles. The van der Waals surface area contributed by atoms with Crippen LogP contribution in [0.3, 0.4) is 0 Å². The highest BCUT2D eigenvalue weighted by atomic mass is 35.5. The smallest absolute Gasteiger partial charge is 0.341 e. The fourth-order valence-electron chi connectivity index (χ4n) is 2.51. The molecule has 2 aromatic heterocycles. The molecule has 2 amide bonds. The Balaban J connectivity index is 1.95. The maximum absolute atomic E-state index is 12.8. The molecule has 0 saturated carbocycles. The van der Waals surface area contributed by atoms with Gasteiger partial charge < -0.3 is 15.4 Å². The van der Waals surface area contributed by atoms with Gasteiger partial charge >= 0.3 is 5.97 Å². The number of thiophene rings is 2. The maximum atomic E-state index is 12.8. The summed E-state index contributed by atoms with van der Waals surface area (Å²) in [7, 11) is 1.23. The van der Waals surface area contributed by atoms with Crippen LogP contribution in [0, 0.1) is 6.92 Å². The van der Waals surface area contributed by atoms with E-state index in [1.54, 1.807) is 36.6 Å². The van der Waals surface area contributed by atoms with E-state index in [0.29, 0.717) is 26.2 Å². The van der Waals surface area contributed by atoms with E-state index < -0.39 is 11.9 Å². The summed E-state index contributed by atoms with van der Waals surface area (Å²) in [6.45, 7) is 1.61. The summed E-state index contributed by atoms with van der Waals surface area (Å²) in [6.07, 6.45) is 0. The van der Waals surface area contributed by atoms with Crippen molar-refractivity contribution < 1.29 is 19.1 Å². The number of benzene rings is 1. The topological polar surface area (TPSA) is 84.5 Å². The summed E-state index contributed by atoms with van der Waals surface area (Å²) in [5, 5.41) is 8.09. The van der Waals surface area contributed by atoms with Crippen molar-refractivity contribution in [3.05, 3.63) is 66.6 Å². The molecule has 3 rings (SSSR count). The molecule has 0 aliphatic rings. The van der Waals surface area contributed by atoms with Gasteiger partial charge in [-0.3, -0.25) is 9.59 Å². The van der Waals surface area contributed by atoms with Crippen LogP contribution in [0.2, 0.25) is 10.0 Å². The zero-order valence-corrected chi connectivity index (χ0v) is 18.3. The van der Waals surface area contributed by atoms with Gasteiger partial charge in [-0.25, -0.2) is 4.79 Å². The minimum atomic E-state index is -0.653. The molecule has 0 atom stereocenters. The summed E-state index contributed by atoms with van der Waals surface area (Å²) in [5.74, 6) is -1.52. The number of anilines is 2. The number of ether oxygens (including phenoxy) is 1. The van der Waals surface area contributed by atoms with Crippen molar-refractivity contribution in [3.8, 4) is 0 Å². The predicted octanol–water partition coefficient (Wildman–Crippen LogP) is 5.72. The zero-order chi connectivity index (χ0) is 21.1. The number of carbonyl (C=O) groups is 3. The first-order valence-corrected chi connectivity index (χ1v) is 10.6. The third-order valence-electron chi connectivity index (χ3n) is 3.89. The lowest BCUT2D eigenvalue weighted by Crippen LogP contribution is -2.13. The van der Waals surface area contributed by atoms with Gasteiger partial charge in [0.25, 0.3) is 11.8 Å². The van der Waals surface area contributed by atoms with Gasteiger partial charge in [-0.2, -0.15) is 0 Å². The summed E-state index contributed by atoms with van der Waals surface area (Å²) in [4.78, 5) is 38.2. The van der Waals surface area contributed by atoms with E-state index in [2.05, 4.69) is 10.6 Å². The molecule has 0 radical (unpaired) electrons. The molecule has 0 unspecified atom stereocenters. The number of esters is 1. The number of hydrogen-bond donors (Lipinski definition) is 2. The van der Waals surface area contributed by atoms with Crippen LogP contribution in [-0.4, -0.2) is 24.9 Å². The van der Waals surface area contributed by atoms with Gasteiger partial charge in [0.05, 0.1) is 33.1 Å². The Bertz CT molecular complexity index is 1090. The van der Waals surface area contributed by atoms with Gasteiger partial charge in [-0.05, 0) is 42.1 Å².